The van der Waals surface area contributed by atoms with Crippen molar-refractivity contribution in [2.75, 3.05) is 40.9 Å². The van der Waals surface area contributed by atoms with Crippen molar-refractivity contribution in [3.63, 3.8) is 0 Å². The fourth-order valence-electron chi connectivity index (χ4n) is 6.33. The molecule has 8 nitrogen and oxygen atoms in total. The van der Waals surface area contributed by atoms with Crippen molar-refractivity contribution in [3.8, 4) is 0 Å². The van der Waals surface area contributed by atoms with Gasteiger partial charge in [0.15, 0.2) is 0 Å². The number of aliphatic hydroxyl groups excluding tert-OH is 1. The van der Waals surface area contributed by atoms with Gasteiger partial charge in [0.2, 0.25) is 5.91 Å². The van der Waals surface area contributed by atoms with E-state index in [1.165, 1.54) is 44.9 Å². The fourth-order valence-corrected chi connectivity index (χ4v) is 7.06. The molecule has 0 aromatic rings. The van der Waals surface area contributed by atoms with Crippen molar-refractivity contribution in [2.45, 2.75) is 180 Å². The Morgan fingerprint density at radius 1 is 0.545 bits per heavy atom. The van der Waals surface area contributed by atoms with Crippen molar-refractivity contribution in [1.29, 1.82) is 0 Å². The van der Waals surface area contributed by atoms with Crippen LogP contribution in [-0.4, -0.2) is 68.5 Å². The van der Waals surface area contributed by atoms with Crippen LogP contribution in [0.5, 0.6) is 0 Å². The van der Waals surface area contributed by atoms with Gasteiger partial charge >= 0.3 is 0 Å². The first kappa shape index (κ1) is 62.6. The molecule has 0 fully saturated rings. The number of hydrogen-bond acceptors (Lipinski definition) is 6. The molecule has 0 spiro atoms. The number of phosphoric ester groups is 1. The Bertz CT molecular complexity index is 1530. The lowest BCUT2D eigenvalue weighted by Gasteiger charge is -2.29. The zero-order chi connectivity index (χ0) is 48.5. The molecule has 0 aromatic heterocycles. The van der Waals surface area contributed by atoms with Crippen LogP contribution in [-0.2, 0) is 18.4 Å². The number of quaternary nitrogens is 1. The minimum atomic E-state index is -4.62. The number of aliphatic hydroxyl groups is 1. The molecule has 3 unspecified atom stereocenters. The summed E-state index contributed by atoms with van der Waals surface area (Å²) in [6, 6.07) is -0.931. The lowest BCUT2D eigenvalue weighted by Crippen LogP contribution is -2.45. The molecule has 9 heteroatoms. The summed E-state index contributed by atoms with van der Waals surface area (Å²) in [7, 11) is 1.19. The van der Waals surface area contributed by atoms with E-state index < -0.39 is 26.6 Å². The maximum Gasteiger partial charge on any atom is 0.268 e. The molecule has 0 saturated heterocycles. The van der Waals surface area contributed by atoms with E-state index >= 15 is 0 Å². The van der Waals surface area contributed by atoms with Gasteiger partial charge in [0, 0.05) is 6.42 Å². The third-order valence-corrected chi connectivity index (χ3v) is 11.3. The lowest BCUT2D eigenvalue weighted by molar-refractivity contribution is -0.870. The summed E-state index contributed by atoms with van der Waals surface area (Å²) in [6.07, 6.45) is 70.9. The highest BCUT2D eigenvalue weighted by atomic mass is 31.2. The largest absolute Gasteiger partial charge is 0.756 e. The van der Waals surface area contributed by atoms with Gasteiger partial charge < -0.3 is 28.8 Å². The van der Waals surface area contributed by atoms with Gasteiger partial charge in [0.1, 0.15) is 13.2 Å². The van der Waals surface area contributed by atoms with E-state index in [1.54, 1.807) is 6.08 Å². The second-order valence-corrected chi connectivity index (χ2v) is 19.2. The van der Waals surface area contributed by atoms with E-state index in [0.717, 1.165) is 96.3 Å². The average Bonchev–Trinajstić information content (AvgIpc) is 3.28. The summed E-state index contributed by atoms with van der Waals surface area (Å²) in [5, 5.41) is 13.7. The molecule has 0 aliphatic heterocycles. The molecule has 0 saturated carbocycles. The van der Waals surface area contributed by atoms with Crippen molar-refractivity contribution >= 4 is 13.7 Å². The van der Waals surface area contributed by atoms with Crippen molar-refractivity contribution in [2.24, 2.45) is 0 Å². The second-order valence-electron chi connectivity index (χ2n) is 17.8. The molecule has 0 rings (SSSR count). The normalized spacial score (nSPS) is 15.2. The SMILES string of the molecule is CC/C=C\C/C=C\C/C=C\C/C=C\C/C=C\C/C=C\C/C=C\C/C=C\C/C=C\CCCCCC(=O)NC(COP(=O)([O-])OCC[N+](C)(C)C)C(O)/C=C/CC/C=C/CCCCCCCCC. The smallest absolute Gasteiger partial charge is 0.268 e. The van der Waals surface area contributed by atoms with E-state index in [1.807, 2.05) is 27.2 Å². The first-order chi connectivity index (χ1) is 32.0. The van der Waals surface area contributed by atoms with Crippen LogP contribution in [0.4, 0.5) is 0 Å². The first-order valence-electron chi connectivity index (χ1n) is 25.5. The van der Waals surface area contributed by atoms with Crippen LogP contribution in [0.1, 0.15) is 168 Å². The molecule has 0 aliphatic rings. The van der Waals surface area contributed by atoms with E-state index in [0.29, 0.717) is 17.4 Å². The van der Waals surface area contributed by atoms with Crippen molar-refractivity contribution < 1.29 is 32.9 Å². The molecular formula is C57H95N2O6P. The number of phosphoric acid groups is 1. The monoisotopic (exact) mass is 935 g/mol. The number of nitrogens with zero attached hydrogens (tertiary/aromatic N) is 1. The highest BCUT2D eigenvalue weighted by Crippen LogP contribution is 2.38. The summed E-state index contributed by atoms with van der Waals surface area (Å²) in [5.74, 6) is -0.247. The molecule has 2 N–H and O–H groups in total. The molecule has 1 amide bonds. The zero-order valence-corrected chi connectivity index (χ0v) is 43.2. The Labute approximate surface area is 405 Å². The van der Waals surface area contributed by atoms with Crippen LogP contribution in [0, 0.1) is 0 Å². The van der Waals surface area contributed by atoms with Gasteiger partial charge in [0.05, 0.1) is 39.9 Å². The maximum atomic E-state index is 12.9. The molecule has 0 bridgehead atoms. The van der Waals surface area contributed by atoms with E-state index in [-0.39, 0.29) is 18.9 Å². The van der Waals surface area contributed by atoms with Crippen molar-refractivity contribution in [3.05, 3.63) is 134 Å². The number of nitrogens with one attached hydrogen (secondary N) is 1. The molecule has 0 aliphatic carbocycles. The predicted molar refractivity (Wildman–Crippen MR) is 283 cm³/mol. The molecule has 0 aromatic carbocycles. The van der Waals surface area contributed by atoms with Crippen LogP contribution in [0.3, 0.4) is 0 Å². The molecular weight excluding hydrogens is 840 g/mol. The number of carbonyl (C=O) groups excluding carboxylic acids is 1. The van der Waals surface area contributed by atoms with Gasteiger partial charge in [-0.15, -0.1) is 0 Å². The molecule has 3 atom stereocenters. The highest BCUT2D eigenvalue weighted by Gasteiger charge is 2.23. The molecule has 374 valence electrons. The molecule has 0 heterocycles. The van der Waals surface area contributed by atoms with Crippen LogP contribution in [0.25, 0.3) is 0 Å². The number of hydrogen-bond donors (Lipinski definition) is 2. The Hall–Kier alpha value is -3.36. The number of allylic oxidation sites excluding steroid dienone is 21. The third kappa shape index (κ3) is 48.6. The third-order valence-electron chi connectivity index (χ3n) is 10.3. The first-order valence-corrected chi connectivity index (χ1v) is 27.0. The van der Waals surface area contributed by atoms with Crippen LogP contribution < -0.4 is 10.2 Å². The number of amides is 1. The summed E-state index contributed by atoms with van der Waals surface area (Å²) < 4.78 is 23.2. The minimum Gasteiger partial charge on any atom is -0.756 e. The summed E-state index contributed by atoms with van der Waals surface area (Å²) in [4.78, 5) is 25.4. The summed E-state index contributed by atoms with van der Waals surface area (Å²) >= 11 is 0. The van der Waals surface area contributed by atoms with Crippen LogP contribution in [0.15, 0.2) is 134 Å². The lowest BCUT2D eigenvalue weighted by atomic mass is 10.1. The fraction of sp³-hybridized carbons (Fsp3) is 0.596. The highest BCUT2D eigenvalue weighted by molar-refractivity contribution is 7.45. The van der Waals surface area contributed by atoms with Gasteiger partial charge in [-0.2, -0.15) is 0 Å². The molecule has 66 heavy (non-hydrogen) atoms. The number of likely N-dealkylation sites (N-methyl/N-ethyl adjacent to an activating group) is 1. The number of unbranched alkanes of at least 4 members (excludes halogenated alkanes) is 11. The quantitative estimate of drug-likeness (QED) is 0.0273. The van der Waals surface area contributed by atoms with E-state index in [9.17, 15) is 19.4 Å². The van der Waals surface area contributed by atoms with E-state index in [4.69, 9.17) is 9.05 Å². The molecule has 0 radical (unpaired) electrons. The topological polar surface area (TPSA) is 108 Å². The summed E-state index contributed by atoms with van der Waals surface area (Å²) in [6.45, 7) is 4.44. The Morgan fingerprint density at radius 3 is 1.41 bits per heavy atom. The van der Waals surface area contributed by atoms with Gasteiger partial charge in [-0.25, -0.2) is 0 Å². The maximum absolute atomic E-state index is 12.9. The van der Waals surface area contributed by atoms with E-state index in [2.05, 4.69) is 141 Å². The Morgan fingerprint density at radius 2 is 0.939 bits per heavy atom. The standard InChI is InChI=1S/C57H95N2O6P/c1-6-8-10-12-14-16-18-20-21-22-23-24-25-26-27-28-29-30-31-32-33-34-35-36-37-39-41-43-45-47-49-51-57(61)58-55(54-65-66(62,63)64-53-52-59(3,4)5)56(60)50-48-46-44-42-40-38-19-17-15-13-11-9-7-2/h8,10,14,16,20-21,23-24,26-27,29-30,32-33,35-36,39-42,48,50,55-56,60H,6-7,9,11-13,15,17-19,22,25,28,31,34,37-38,43-47,49,51-54H2,1-5H3,(H-,58,61,62,63)/b10-8-,16-14-,21-20-,24-23-,27-26-,30-29-,33-32-,36-35-,41-39-,42-40+,50-48+. The average molecular weight is 935 g/mol. The van der Waals surface area contributed by atoms with Crippen LogP contribution >= 0.6 is 7.82 Å². The van der Waals surface area contributed by atoms with Crippen LogP contribution in [0.2, 0.25) is 0 Å². The minimum absolute atomic E-state index is 0.0213. The zero-order valence-electron chi connectivity index (χ0n) is 42.3. The summed E-state index contributed by atoms with van der Waals surface area (Å²) in [5.41, 5.74) is 0. The predicted octanol–water partition coefficient (Wildman–Crippen LogP) is 14.6. The van der Waals surface area contributed by atoms with Gasteiger partial charge in [-0.05, 0) is 103 Å². The van der Waals surface area contributed by atoms with Crippen molar-refractivity contribution in [1.82, 2.24) is 5.32 Å². The van der Waals surface area contributed by atoms with Gasteiger partial charge in [-0.1, -0.05) is 192 Å². The second kappa shape index (κ2) is 46.7. The van der Waals surface area contributed by atoms with Gasteiger partial charge in [-0.3, -0.25) is 9.36 Å². The Kier molecular flexibility index (Phi) is 44.4. The Balaban J connectivity index is 4.38. The van der Waals surface area contributed by atoms with Gasteiger partial charge in [0.25, 0.3) is 7.82 Å². The number of carbonyl (C=O) groups is 1. The number of rotatable bonds is 44.